The number of hydrogen-bond acceptors (Lipinski definition) is 5. The highest BCUT2D eigenvalue weighted by atomic mass is 32.2. The summed E-state index contributed by atoms with van der Waals surface area (Å²) < 4.78 is 1.98. The summed E-state index contributed by atoms with van der Waals surface area (Å²) in [6.07, 6.45) is 7.79. The van der Waals surface area contributed by atoms with Gasteiger partial charge in [0.2, 0.25) is 5.16 Å². The van der Waals surface area contributed by atoms with Crippen molar-refractivity contribution in [2.45, 2.75) is 56.1 Å². The zero-order valence-corrected chi connectivity index (χ0v) is 10.7. The fourth-order valence-electron chi connectivity index (χ4n) is 2.15. The molecule has 17 heavy (non-hydrogen) atoms. The molecule has 1 aromatic rings. The molecule has 1 aromatic heterocycles. The fourth-order valence-corrected chi connectivity index (χ4v) is 3.03. The molecule has 0 atom stereocenters. The minimum absolute atomic E-state index is 0.484. The summed E-state index contributed by atoms with van der Waals surface area (Å²) in [6, 6.07) is 2.64. The fraction of sp³-hybridized carbons (Fsp3) is 0.818. The van der Waals surface area contributed by atoms with Gasteiger partial charge in [-0.05, 0) is 29.7 Å². The van der Waals surface area contributed by atoms with Gasteiger partial charge < -0.3 is 0 Å². The Morgan fingerprint density at radius 1 is 1.35 bits per heavy atom. The highest BCUT2D eigenvalue weighted by Crippen LogP contribution is 2.30. The third-order valence-corrected chi connectivity index (χ3v) is 4.07. The average molecular weight is 251 g/mol. The van der Waals surface area contributed by atoms with Crippen molar-refractivity contribution in [3.8, 4) is 6.07 Å². The molecule has 2 rings (SSSR count). The molecule has 92 valence electrons. The maximum Gasteiger partial charge on any atom is 0.209 e. The van der Waals surface area contributed by atoms with Crippen LogP contribution in [0.1, 0.15) is 51.0 Å². The number of tetrazole rings is 1. The highest BCUT2D eigenvalue weighted by Gasteiger charge is 2.19. The first-order valence-electron chi connectivity index (χ1n) is 6.19. The lowest BCUT2D eigenvalue weighted by Crippen LogP contribution is -2.15. The van der Waals surface area contributed by atoms with E-state index in [1.54, 1.807) is 11.8 Å². The van der Waals surface area contributed by atoms with Crippen molar-refractivity contribution in [1.29, 1.82) is 5.26 Å². The highest BCUT2D eigenvalue weighted by molar-refractivity contribution is 7.99. The van der Waals surface area contributed by atoms with E-state index in [2.05, 4.69) is 21.6 Å². The first-order chi connectivity index (χ1) is 8.42. The first-order valence-corrected chi connectivity index (χ1v) is 7.18. The van der Waals surface area contributed by atoms with Gasteiger partial charge in [0.05, 0.1) is 12.1 Å². The molecule has 0 N–H and O–H groups in total. The monoisotopic (exact) mass is 251 g/mol. The van der Waals surface area contributed by atoms with Gasteiger partial charge in [-0.15, -0.1) is 5.10 Å². The summed E-state index contributed by atoms with van der Waals surface area (Å²) >= 11 is 1.66. The van der Waals surface area contributed by atoms with Crippen LogP contribution in [-0.4, -0.2) is 26.0 Å². The van der Waals surface area contributed by atoms with Gasteiger partial charge >= 0.3 is 0 Å². The Labute approximate surface area is 106 Å². The van der Waals surface area contributed by atoms with Gasteiger partial charge in [0.1, 0.15) is 0 Å². The molecule has 1 fully saturated rings. The van der Waals surface area contributed by atoms with Crippen LogP contribution in [0.3, 0.4) is 0 Å². The summed E-state index contributed by atoms with van der Waals surface area (Å²) in [5.74, 6) is 0.917. The molecule has 1 heterocycles. The van der Waals surface area contributed by atoms with E-state index in [4.69, 9.17) is 5.26 Å². The van der Waals surface area contributed by atoms with E-state index >= 15 is 0 Å². The molecule has 0 amide bonds. The Bertz CT molecular complexity index is 377. The molecule has 0 aromatic carbocycles. The molecule has 1 saturated carbocycles. The number of unbranched alkanes of at least 4 members (excludes halogenated alkanes) is 1. The van der Waals surface area contributed by atoms with Crippen molar-refractivity contribution in [1.82, 2.24) is 20.2 Å². The molecule has 5 nitrogen and oxygen atoms in total. The topological polar surface area (TPSA) is 67.4 Å². The molecular weight excluding hydrogens is 234 g/mol. The van der Waals surface area contributed by atoms with Crippen LogP contribution in [0.5, 0.6) is 0 Å². The van der Waals surface area contributed by atoms with E-state index in [9.17, 15) is 0 Å². The van der Waals surface area contributed by atoms with Crippen molar-refractivity contribution in [2.24, 2.45) is 0 Å². The summed E-state index contributed by atoms with van der Waals surface area (Å²) in [6.45, 7) is 0. The Hall–Kier alpha value is -1.09. The molecule has 0 aliphatic heterocycles. The molecule has 0 radical (unpaired) electrons. The lowest BCUT2D eigenvalue weighted by molar-refractivity contribution is 0.307. The second-order valence-corrected chi connectivity index (χ2v) is 5.37. The van der Waals surface area contributed by atoms with Gasteiger partial charge in [-0.2, -0.15) is 5.26 Å². The van der Waals surface area contributed by atoms with Gasteiger partial charge in [-0.3, -0.25) is 0 Å². The predicted octanol–water partition coefficient (Wildman–Crippen LogP) is 2.57. The minimum atomic E-state index is 0.484. The summed E-state index contributed by atoms with van der Waals surface area (Å²) in [5.41, 5.74) is 0. The van der Waals surface area contributed by atoms with Gasteiger partial charge in [0, 0.05) is 12.2 Å². The summed E-state index contributed by atoms with van der Waals surface area (Å²) in [4.78, 5) is 0. The van der Waals surface area contributed by atoms with E-state index in [1.165, 1.54) is 32.1 Å². The van der Waals surface area contributed by atoms with Gasteiger partial charge in [0.15, 0.2) is 0 Å². The standard InChI is InChI=1S/C11H17N5S/c12-8-4-5-9-17-11-13-14-15-16(11)10-6-2-1-3-7-10/h10H,1-7,9H2. The van der Waals surface area contributed by atoms with Gasteiger partial charge in [-0.1, -0.05) is 31.0 Å². The van der Waals surface area contributed by atoms with Crippen molar-refractivity contribution in [3.05, 3.63) is 0 Å². The van der Waals surface area contributed by atoms with E-state index in [1.807, 2.05) is 4.68 Å². The molecule has 1 aliphatic rings. The minimum Gasteiger partial charge on any atom is -0.217 e. The van der Waals surface area contributed by atoms with E-state index < -0.39 is 0 Å². The van der Waals surface area contributed by atoms with Crippen LogP contribution >= 0.6 is 11.8 Å². The number of thioether (sulfide) groups is 1. The lowest BCUT2D eigenvalue weighted by Gasteiger charge is -2.21. The number of nitriles is 1. The zero-order valence-electron chi connectivity index (χ0n) is 9.88. The summed E-state index contributed by atoms with van der Waals surface area (Å²) in [5, 5.41) is 21.3. The smallest absolute Gasteiger partial charge is 0.209 e. The Morgan fingerprint density at radius 2 is 2.18 bits per heavy atom. The van der Waals surface area contributed by atoms with Crippen LogP contribution in [0, 0.1) is 11.3 Å². The second-order valence-electron chi connectivity index (χ2n) is 4.31. The Balaban J connectivity index is 1.89. The number of hydrogen-bond donors (Lipinski definition) is 0. The van der Waals surface area contributed by atoms with Crippen molar-refractivity contribution >= 4 is 11.8 Å². The number of nitrogens with zero attached hydrogens (tertiary/aromatic N) is 5. The first kappa shape index (κ1) is 12.4. The Morgan fingerprint density at radius 3 is 2.94 bits per heavy atom. The van der Waals surface area contributed by atoms with Crippen LogP contribution in [-0.2, 0) is 0 Å². The van der Waals surface area contributed by atoms with E-state index in [-0.39, 0.29) is 0 Å². The largest absolute Gasteiger partial charge is 0.217 e. The third kappa shape index (κ3) is 3.43. The molecule has 0 bridgehead atoms. The maximum absolute atomic E-state index is 8.48. The molecule has 6 heteroatoms. The van der Waals surface area contributed by atoms with E-state index in [0.29, 0.717) is 12.5 Å². The predicted molar refractivity (Wildman–Crippen MR) is 65.5 cm³/mol. The summed E-state index contributed by atoms with van der Waals surface area (Å²) in [7, 11) is 0. The van der Waals surface area contributed by atoms with Crippen LogP contribution in [0.2, 0.25) is 0 Å². The SMILES string of the molecule is N#CCCCSc1nnnn1C1CCCCC1. The molecule has 0 unspecified atom stereocenters. The van der Waals surface area contributed by atoms with Gasteiger partial charge in [0.25, 0.3) is 0 Å². The van der Waals surface area contributed by atoms with Crippen LogP contribution < -0.4 is 0 Å². The Kier molecular flexibility index (Phi) is 4.80. The molecule has 0 spiro atoms. The van der Waals surface area contributed by atoms with Crippen LogP contribution in [0.15, 0.2) is 5.16 Å². The quantitative estimate of drug-likeness (QED) is 0.594. The van der Waals surface area contributed by atoms with Crippen molar-refractivity contribution in [2.75, 3.05) is 5.75 Å². The molecule has 0 saturated heterocycles. The number of rotatable bonds is 5. The third-order valence-electron chi connectivity index (χ3n) is 3.05. The lowest BCUT2D eigenvalue weighted by atomic mass is 9.96. The van der Waals surface area contributed by atoms with Crippen LogP contribution in [0.25, 0.3) is 0 Å². The molecule has 1 aliphatic carbocycles. The second kappa shape index (κ2) is 6.60. The van der Waals surface area contributed by atoms with E-state index in [0.717, 1.165) is 17.3 Å². The molecular formula is C11H17N5S. The zero-order chi connectivity index (χ0) is 11.9. The van der Waals surface area contributed by atoms with Gasteiger partial charge in [-0.25, -0.2) is 4.68 Å². The average Bonchev–Trinajstić information content (AvgIpc) is 2.84. The van der Waals surface area contributed by atoms with Crippen LogP contribution in [0.4, 0.5) is 0 Å². The normalized spacial score (nSPS) is 16.9. The van der Waals surface area contributed by atoms with Crippen molar-refractivity contribution in [3.63, 3.8) is 0 Å². The number of aromatic nitrogens is 4. The maximum atomic E-state index is 8.48. The van der Waals surface area contributed by atoms with Crippen molar-refractivity contribution < 1.29 is 0 Å².